The highest BCUT2D eigenvalue weighted by Gasteiger charge is 2.32. The fourth-order valence-electron chi connectivity index (χ4n) is 3.69. The highest BCUT2D eigenvalue weighted by atomic mass is 16.5. The lowest BCUT2D eigenvalue weighted by Crippen LogP contribution is -2.49. The van der Waals surface area contributed by atoms with Crippen LogP contribution in [0.3, 0.4) is 0 Å². The van der Waals surface area contributed by atoms with Gasteiger partial charge in [0.05, 0.1) is 0 Å². The van der Waals surface area contributed by atoms with E-state index in [9.17, 15) is 14.4 Å². The van der Waals surface area contributed by atoms with E-state index in [4.69, 9.17) is 9.63 Å². The summed E-state index contributed by atoms with van der Waals surface area (Å²) in [4.78, 5) is 35.2. The molecular weight excluding hydrogens is 364 g/mol. The normalized spacial score (nSPS) is 22.9. The Morgan fingerprint density at radius 3 is 2.64 bits per heavy atom. The van der Waals surface area contributed by atoms with Crippen LogP contribution < -0.4 is 16.0 Å². The molecule has 1 heterocycles. The van der Waals surface area contributed by atoms with Gasteiger partial charge in [-0.05, 0) is 32.1 Å². The zero-order valence-electron chi connectivity index (χ0n) is 16.7. The summed E-state index contributed by atoms with van der Waals surface area (Å²) in [5.74, 6) is 0.520. The Labute approximate surface area is 164 Å². The van der Waals surface area contributed by atoms with Crippen molar-refractivity contribution in [3.05, 3.63) is 17.5 Å². The van der Waals surface area contributed by atoms with E-state index in [1.165, 1.54) is 0 Å². The first-order valence-electron chi connectivity index (χ1n) is 9.87. The van der Waals surface area contributed by atoms with E-state index >= 15 is 0 Å². The topological polar surface area (TPSA) is 134 Å². The van der Waals surface area contributed by atoms with Gasteiger partial charge >= 0.3 is 6.09 Å². The van der Waals surface area contributed by atoms with Gasteiger partial charge in [0.25, 0.3) is 5.91 Å². The molecule has 0 aliphatic heterocycles. The molecule has 1 unspecified atom stereocenters. The lowest BCUT2D eigenvalue weighted by molar-refractivity contribution is -0.122. The van der Waals surface area contributed by atoms with E-state index in [0.717, 1.165) is 25.7 Å². The zero-order valence-corrected chi connectivity index (χ0v) is 16.7. The van der Waals surface area contributed by atoms with Crippen molar-refractivity contribution < 1.29 is 24.0 Å². The molecule has 1 aliphatic rings. The van der Waals surface area contributed by atoms with Gasteiger partial charge in [-0.3, -0.25) is 9.59 Å². The van der Waals surface area contributed by atoms with Crippen LogP contribution in [0.15, 0.2) is 10.6 Å². The highest BCUT2D eigenvalue weighted by Crippen LogP contribution is 2.28. The third-order valence-electron chi connectivity index (χ3n) is 5.19. The number of amides is 3. The third-order valence-corrected chi connectivity index (χ3v) is 5.19. The summed E-state index contributed by atoms with van der Waals surface area (Å²) in [5.41, 5.74) is 0.294. The molecule has 1 fully saturated rings. The Balaban J connectivity index is 1.84. The summed E-state index contributed by atoms with van der Waals surface area (Å²) in [6, 6.07) is 1.28. The van der Waals surface area contributed by atoms with Crippen molar-refractivity contribution in [2.24, 2.45) is 5.92 Å². The first-order valence-corrected chi connectivity index (χ1v) is 9.87. The molecule has 4 atom stereocenters. The van der Waals surface area contributed by atoms with Gasteiger partial charge in [0.1, 0.15) is 5.76 Å². The van der Waals surface area contributed by atoms with Crippen molar-refractivity contribution in [3.63, 3.8) is 0 Å². The van der Waals surface area contributed by atoms with Gasteiger partial charge in [-0.2, -0.15) is 0 Å². The molecule has 0 saturated heterocycles. The number of aryl methyl sites for hydroxylation is 1. The number of aromatic nitrogens is 1. The molecule has 1 aromatic rings. The smallest absolute Gasteiger partial charge is 0.404 e. The van der Waals surface area contributed by atoms with Crippen LogP contribution in [-0.2, 0) is 11.2 Å². The fourth-order valence-corrected chi connectivity index (χ4v) is 3.69. The SMILES string of the molecule is CCc1cc(C(=O)N[C@@H]2CC[C@@H](NC(=O)CC(C)NC(=O)O)C[C@@H]2CC)no1. The van der Waals surface area contributed by atoms with Gasteiger partial charge in [-0.1, -0.05) is 25.4 Å². The van der Waals surface area contributed by atoms with E-state index in [-0.39, 0.29) is 36.2 Å². The van der Waals surface area contributed by atoms with Crippen LogP contribution in [0.1, 0.15) is 69.1 Å². The number of hydrogen-bond acceptors (Lipinski definition) is 5. The first kappa shape index (κ1) is 21.7. The maximum atomic E-state index is 12.4. The molecule has 0 radical (unpaired) electrons. The quantitative estimate of drug-likeness (QED) is 0.533. The molecule has 3 amide bonds. The van der Waals surface area contributed by atoms with Crippen molar-refractivity contribution in [2.45, 2.75) is 77.4 Å². The second-order valence-electron chi connectivity index (χ2n) is 7.41. The predicted octanol–water partition coefficient (Wildman–Crippen LogP) is 2.08. The summed E-state index contributed by atoms with van der Waals surface area (Å²) in [6.45, 7) is 5.66. The van der Waals surface area contributed by atoms with Gasteiger partial charge in [-0.25, -0.2) is 4.79 Å². The Kier molecular flexibility index (Phi) is 7.83. The molecule has 1 aliphatic carbocycles. The van der Waals surface area contributed by atoms with Crippen LogP contribution in [0.4, 0.5) is 4.79 Å². The van der Waals surface area contributed by atoms with E-state index in [1.54, 1.807) is 13.0 Å². The van der Waals surface area contributed by atoms with Gasteiger partial charge in [0.15, 0.2) is 5.69 Å². The van der Waals surface area contributed by atoms with Crippen molar-refractivity contribution in [3.8, 4) is 0 Å². The molecule has 0 spiro atoms. The van der Waals surface area contributed by atoms with Gasteiger partial charge in [-0.15, -0.1) is 0 Å². The molecule has 0 aromatic carbocycles. The molecule has 28 heavy (non-hydrogen) atoms. The average molecular weight is 394 g/mol. The minimum Gasteiger partial charge on any atom is -0.465 e. The van der Waals surface area contributed by atoms with Crippen molar-refractivity contribution in [1.29, 1.82) is 0 Å². The molecule has 9 heteroatoms. The average Bonchev–Trinajstić information content (AvgIpc) is 3.11. The first-order chi connectivity index (χ1) is 13.3. The molecule has 156 valence electrons. The van der Waals surface area contributed by atoms with Crippen LogP contribution >= 0.6 is 0 Å². The minimum atomic E-state index is -1.14. The number of carboxylic acid groups (broad SMARTS) is 1. The highest BCUT2D eigenvalue weighted by molar-refractivity contribution is 5.92. The van der Waals surface area contributed by atoms with E-state index in [2.05, 4.69) is 28.0 Å². The number of nitrogens with one attached hydrogen (secondary N) is 3. The maximum absolute atomic E-state index is 12.4. The Morgan fingerprint density at radius 1 is 1.29 bits per heavy atom. The molecule has 2 rings (SSSR count). The number of carbonyl (C=O) groups is 3. The number of carbonyl (C=O) groups excluding carboxylic acids is 2. The standard InChI is InChI=1S/C19H30N4O5/c1-4-12-9-13(21-17(24)8-11(3)20-19(26)27)6-7-15(12)22-18(25)16-10-14(5-2)28-23-16/h10-13,15,20H,4-9H2,1-3H3,(H,21,24)(H,22,25)(H,26,27)/t11?,12-,13+,15+/m0/s1. The summed E-state index contributed by atoms with van der Waals surface area (Å²) in [7, 11) is 0. The fraction of sp³-hybridized carbons (Fsp3) is 0.684. The van der Waals surface area contributed by atoms with Crippen LogP contribution in [0.2, 0.25) is 0 Å². The zero-order chi connectivity index (χ0) is 20.7. The summed E-state index contributed by atoms with van der Waals surface area (Å²) in [6.07, 6.45) is 2.82. The number of rotatable bonds is 8. The number of hydrogen-bond donors (Lipinski definition) is 4. The van der Waals surface area contributed by atoms with Crippen LogP contribution in [-0.4, -0.2) is 46.3 Å². The molecule has 9 nitrogen and oxygen atoms in total. The second kappa shape index (κ2) is 10.1. The van der Waals surface area contributed by atoms with E-state index < -0.39 is 12.1 Å². The van der Waals surface area contributed by atoms with E-state index in [0.29, 0.717) is 17.9 Å². The van der Waals surface area contributed by atoms with Gasteiger partial charge < -0.3 is 25.6 Å². The Hall–Kier alpha value is -2.58. The maximum Gasteiger partial charge on any atom is 0.404 e. The summed E-state index contributed by atoms with van der Waals surface area (Å²) < 4.78 is 5.09. The molecule has 4 N–H and O–H groups in total. The Morgan fingerprint density at radius 2 is 2.04 bits per heavy atom. The lowest BCUT2D eigenvalue weighted by Gasteiger charge is -2.36. The molecular formula is C19H30N4O5. The monoisotopic (exact) mass is 394 g/mol. The van der Waals surface area contributed by atoms with Crippen LogP contribution in [0.25, 0.3) is 0 Å². The minimum absolute atomic E-state index is 0.0278. The Bertz CT molecular complexity index is 690. The van der Waals surface area contributed by atoms with Crippen molar-refractivity contribution in [2.75, 3.05) is 0 Å². The van der Waals surface area contributed by atoms with Crippen LogP contribution in [0.5, 0.6) is 0 Å². The van der Waals surface area contributed by atoms with Crippen molar-refractivity contribution in [1.82, 2.24) is 21.1 Å². The number of nitrogens with zero attached hydrogens (tertiary/aromatic N) is 1. The van der Waals surface area contributed by atoms with E-state index in [1.807, 2.05) is 6.92 Å². The summed E-state index contributed by atoms with van der Waals surface area (Å²) >= 11 is 0. The van der Waals surface area contributed by atoms with Crippen molar-refractivity contribution >= 4 is 17.9 Å². The molecule has 1 aromatic heterocycles. The van der Waals surface area contributed by atoms with Gasteiger partial charge in [0.2, 0.25) is 5.91 Å². The summed E-state index contributed by atoms with van der Waals surface area (Å²) in [5, 5.41) is 20.8. The van der Waals surface area contributed by atoms with Crippen LogP contribution in [0, 0.1) is 5.92 Å². The second-order valence-corrected chi connectivity index (χ2v) is 7.41. The third kappa shape index (κ3) is 6.24. The predicted molar refractivity (Wildman–Crippen MR) is 102 cm³/mol. The van der Waals surface area contributed by atoms with Gasteiger partial charge in [0, 0.05) is 37.0 Å². The largest absolute Gasteiger partial charge is 0.465 e. The molecule has 0 bridgehead atoms. The molecule has 1 saturated carbocycles. The lowest BCUT2D eigenvalue weighted by atomic mass is 9.80.